The van der Waals surface area contributed by atoms with E-state index in [0.29, 0.717) is 0 Å². The zero-order chi connectivity index (χ0) is 28.8. The van der Waals surface area contributed by atoms with E-state index < -0.39 is 0 Å². The molecule has 0 N–H and O–H groups in total. The van der Waals surface area contributed by atoms with Gasteiger partial charge in [-0.25, -0.2) is 0 Å². The molecule has 0 aliphatic rings. The summed E-state index contributed by atoms with van der Waals surface area (Å²) < 4.78 is 0. The first-order chi connectivity index (χ1) is 21.3. The Hall–Kier alpha value is -5.66. The topological polar surface area (TPSA) is 3.24 Å². The summed E-state index contributed by atoms with van der Waals surface area (Å²) in [5.41, 5.74) is 13.0. The van der Waals surface area contributed by atoms with Crippen molar-refractivity contribution in [3.63, 3.8) is 0 Å². The SMILES string of the molecule is c1ccc(-c2ccc(N(c3cccc(-c4ccccc4)c3)c3cccc(-c4ccccc4-c4ccccc4)c3)cc2)cc1. The van der Waals surface area contributed by atoms with Crippen molar-refractivity contribution >= 4 is 17.1 Å². The van der Waals surface area contributed by atoms with Crippen LogP contribution in [0.1, 0.15) is 0 Å². The average molecular weight is 550 g/mol. The number of nitrogens with zero attached hydrogens (tertiary/aromatic N) is 1. The Morgan fingerprint density at radius 1 is 0.233 bits per heavy atom. The summed E-state index contributed by atoms with van der Waals surface area (Å²) in [4.78, 5) is 2.36. The molecule has 0 amide bonds. The molecule has 0 heterocycles. The molecule has 1 heteroatoms. The first kappa shape index (κ1) is 26.3. The molecule has 7 aromatic carbocycles. The molecule has 0 atom stereocenters. The summed E-state index contributed by atoms with van der Waals surface area (Å²) in [6.07, 6.45) is 0. The van der Waals surface area contributed by atoms with E-state index in [1.807, 2.05) is 0 Å². The van der Waals surface area contributed by atoms with Gasteiger partial charge in [0.05, 0.1) is 0 Å². The second-order valence-electron chi connectivity index (χ2n) is 10.6. The zero-order valence-electron chi connectivity index (χ0n) is 23.8. The van der Waals surface area contributed by atoms with Crippen LogP contribution >= 0.6 is 0 Å². The van der Waals surface area contributed by atoms with Crippen molar-refractivity contribution in [1.29, 1.82) is 0 Å². The van der Waals surface area contributed by atoms with Crippen molar-refractivity contribution in [2.75, 3.05) is 4.90 Å². The maximum absolute atomic E-state index is 2.36. The standard InChI is InChI=1S/C42H31N/c1-4-14-32(15-5-1)34-26-28-38(29-27-34)43(39-22-12-20-36(30-39)33-16-6-2-7-17-33)40-23-13-21-37(31-40)42-25-11-10-24-41(42)35-18-8-3-9-19-35/h1-31H. The summed E-state index contributed by atoms with van der Waals surface area (Å²) in [5, 5.41) is 0. The van der Waals surface area contributed by atoms with Crippen LogP contribution in [0.3, 0.4) is 0 Å². The van der Waals surface area contributed by atoms with Gasteiger partial charge in [-0.15, -0.1) is 0 Å². The van der Waals surface area contributed by atoms with Crippen molar-refractivity contribution in [3.8, 4) is 44.5 Å². The number of rotatable bonds is 7. The van der Waals surface area contributed by atoms with E-state index >= 15 is 0 Å². The first-order valence-corrected chi connectivity index (χ1v) is 14.7. The lowest BCUT2D eigenvalue weighted by Crippen LogP contribution is -2.10. The van der Waals surface area contributed by atoms with Gasteiger partial charge in [0.25, 0.3) is 0 Å². The molecule has 0 aliphatic heterocycles. The van der Waals surface area contributed by atoms with E-state index in [1.54, 1.807) is 0 Å². The molecule has 0 fully saturated rings. The Labute approximate surface area is 254 Å². The van der Waals surface area contributed by atoms with Crippen molar-refractivity contribution in [2.24, 2.45) is 0 Å². The third-order valence-corrected chi connectivity index (χ3v) is 7.87. The molecule has 7 rings (SSSR count). The van der Waals surface area contributed by atoms with Crippen molar-refractivity contribution < 1.29 is 0 Å². The quantitative estimate of drug-likeness (QED) is 0.191. The molecule has 0 bridgehead atoms. The van der Waals surface area contributed by atoms with E-state index in [-0.39, 0.29) is 0 Å². The molecule has 0 aliphatic carbocycles. The molecule has 0 saturated carbocycles. The largest absolute Gasteiger partial charge is 0.310 e. The lowest BCUT2D eigenvalue weighted by atomic mass is 9.94. The summed E-state index contributed by atoms with van der Waals surface area (Å²) in [6, 6.07) is 67.0. The smallest absolute Gasteiger partial charge is 0.0467 e. The first-order valence-electron chi connectivity index (χ1n) is 14.7. The van der Waals surface area contributed by atoms with Crippen molar-refractivity contribution in [1.82, 2.24) is 0 Å². The second kappa shape index (κ2) is 12.1. The van der Waals surface area contributed by atoms with Crippen LogP contribution < -0.4 is 4.90 Å². The van der Waals surface area contributed by atoms with E-state index in [4.69, 9.17) is 0 Å². The Bertz CT molecular complexity index is 1940. The minimum Gasteiger partial charge on any atom is -0.310 e. The molecule has 204 valence electrons. The molecular formula is C42H31N. The predicted molar refractivity (Wildman–Crippen MR) is 183 cm³/mol. The Morgan fingerprint density at radius 3 is 1.21 bits per heavy atom. The maximum atomic E-state index is 2.36. The van der Waals surface area contributed by atoms with Gasteiger partial charge in [0.2, 0.25) is 0 Å². The minimum atomic E-state index is 1.11. The van der Waals surface area contributed by atoms with Gasteiger partial charge in [0.15, 0.2) is 0 Å². The van der Waals surface area contributed by atoms with Gasteiger partial charge in [0.1, 0.15) is 0 Å². The van der Waals surface area contributed by atoms with Crippen molar-refractivity contribution in [3.05, 3.63) is 188 Å². The molecule has 0 saturated heterocycles. The number of benzene rings is 7. The highest BCUT2D eigenvalue weighted by Crippen LogP contribution is 2.40. The third-order valence-electron chi connectivity index (χ3n) is 7.87. The van der Waals surface area contributed by atoms with Crippen LogP contribution in [0.25, 0.3) is 44.5 Å². The summed E-state index contributed by atoms with van der Waals surface area (Å²) in [6.45, 7) is 0. The normalized spacial score (nSPS) is 10.8. The molecule has 0 aromatic heterocycles. The van der Waals surface area contributed by atoms with Crippen LogP contribution in [0.5, 0.6) is 0 Å². The summed E-state index contributed by atoms with van der Waals surface area (Å²) >= 11 is 0. The van der Waals surface area contributed by atoms with E-state index in [2.05, 4.69) is 193 Å². The van der Waals surface area contributed by atoms with E-state index in [1.165, 1.54) is 44.5 Å². The van der Waals surface area contributed by atoms with Crippen molar-refractivity contribution in [2.45, 2.75) is 0 Å². The van der Waals surface area contributed by atoms with Crippen LogP contribution in [-0.2, 0) is 0 Å². The van der Waals surface area contributed by atoms with Gasteiger partial charge in [0, 0.05) is 17.1 Å². The molecule has 0 radical (unpaired) electrons. The fourth-order valence-electron chi connectivity index (χ4n) is 5.75. The van der Waals surface area contributed by atoms with Gasteiger partial charge >= 0.3 is 0 Å². The minimum absolute atomic E-state index is 1.11. The molecule has 1 nitrogen and oxygen atoms in total. The molecule has 0 spiro atoms. The molecule has 0 unspecified atom stereocenters. The Morgan fingerprint density at radius 2 is 0.628 bits per heavy atom. The maximum Gasteiger partial charge on any atom is 0.0467 e. The number of hydrogen-bond acceptors (Lipinski definition) is 1. The van der Waals surface area contributed by atoms with E-state index in [9.17, 15) is 0 Å². The Balaban J connectivity index is 1.35. The van der Waals surface area contributed by atoms with Crippen LogP contribution in [0.15, 0.2) is 188 Å². The lowest BCUT2D eigenvalue weighted by Gasteiger charge is -2.27. The zero-order valence-corrected chi connectivity index (χ0v) is 23.8. The van der Waals surface area contributed by atoms with Gasteiger partial charge in [-0.2, -0.15) is 0 Å². The summed E-state index contributed by atoms with van der Waals surface area (Å²) in [5.74, 6) is 0. The predicted octanol–water partition coefficient (Wildman–Crippen LogP) is 11.8. The number of hydrogen-bond donors (Lipinski definition) is 0. The van der Waals surface area contributed by atoms with Crippen LogP contribution in [0, 0.1) is 0 Å². The highest BCUT2D eigenvalue weighted by molar-refractivity contribution is 5.87. The van der Waals surface area contributed by atoms with Gasteiger partial charge in [-0.05, 0) is 80.9 Å². The van der Waals surface area contributed by atoms with Gasteiger partial charge in [-0.3, -0.25) is 0 Å². The second-order valence-corrected chi connectivity index (χ2v) is 10.6. The molecular weight excluding hydrogens is 518 g/mol. The highest BCUT2D eigenvalue weighted by Gasteiger charge is 2.16. The van der Waals surface area contributed by atoms with Crippen LogP contribution in [-0.4, -0.2) is 0 Å². The van der Waals surface area contributed by atoms with Crippen LogP contribution in [0.4, 0.5) is 17.1 Å². The van der Waals surface area contributed by atoms with Gasteiger partial charge in [-0.1, -0.05) is 152 Å². The molecule has 7 aromatic rings. The van der Waals surface area contributed by atoms with Crippen LogP contribution in [0.2, 0.25) is 0 Å². The lowest BCUT2D eigenvalue weighted by molar-refractivity contribution is 1.28. The number of anilines is 3. The average Bonchev–Trinajstić information content (AvgIpc) is 3.10. The fourth-order valence-corrected chi connectivity index (χ4v) is 5.75. The highest BCUT2D eigenvalue weighted by atomic mass is 15.1. The fraction of sp³-hybridized carbons (Fsp3) is 0. The van der Waals surface area contributed by atoms with E-state index in [0.717, 1.165) is 17.1 Å². The molecule has 43 heavy (non-hydrogen) atoms. The van der Waals surface area contributed by atoms with Gasteiger partial charge < -0.3 is 4.90 Å². The Kier molecular flexibility index (Phi) is 7.36. The monoisotopic (exact) mass is 549 g/mol. The summed E-state index contributed by atoms with van der Waals surface area (Å²) in [7, 11) is 0. The third kappa shape index (κ3) is 5.62.